The van der Waals surface area contributed by atoms with E-state index in [9.17, 15) is 0 Å². The molecule has 0 heterocycles. The molecule has 1 aliphatic carbocycles. The highest BCUT2D eigenvalue weighted by Crippen LogP contribution is 2.44. The lowest BCUT2D eigenvalue weighted by Gasteiger charge is -2.10. The van der Waals surface area contributed by atoms with E-state index >= 15 is 0 Å². The molecule has 0 spiro atoms. The third-order valence-corrected chi connectivity index (χ3v) is 6.59. The van der Waals surface area contributed by atoms with Gasteiger partial charge in [0.05, 0.1) is 0 Å². The van der Waals surface area contributed by atoms with Crippen LogP contribution in [-0.4, -0.2) is 0 Å². The highest BCUT2D eigenvalue weighted by Gasteiger charge is 2.22. The Morgan fingerprint density at radius 3 is 2.00 bits per heavy atom. The van der Waals surface area contributed by atoms with Crippen molar-refractivity contribution in [3.8, 4) is 11.1 Å². The molecule has 7 rings (SSSR count). The summed E-state index contributed by atoms with van der Waals surface area (Å²) in [6.07, 6.45) is 1.02. The van der Waals surface area contributed by atoms with Gasteiger partial charge in [-0.25, -0.2) is 0 Å². The summed E-state index contributed by atoms with van der Waals surface area (Å²) in [5.41, 5.74) is 5.73. The van der Waals surface area contributed by atoms with E-state index in [-0.39, 0.29) is 0 Å². The van der Waals surface area contributed by atoms with Crippen LogP contribution in [0.25, 0.3) is 54.2 Å². The second kappa shape index (κ2) is 5.46. The van der Waals surface area contributed by atoms with Crippen molar-refractivity contribution in [3.05, 3.63) is 108 Å². The molecule has 0 bridgehead atoms. The van der Waals surface area contributed by atoms with Crippen LogP contribution in [0.5, 0.6) is 0 Å². The van der Waals surface area contributed by atoms with Crippen LogP contribution < -0.4 is 0 Å². The van der Waals surface area contributed by atoms with Crippen molar-refractivity contribution < 1.29 is 0 Å². The molecule has 0 saturated carbocycles. The van der Waals surface area contributed by atoms with Gasteiger partial charge in [0.2, 0.25) is 0 Å². The van der Waals surface area contributed by atoms with Gasteiger partial charge in [0.15, 0.2) is 0 Å². The van der Waals surface area contributed by atoms with Gasteiger partial charge in [-0.3, -0.25) is 0 Å². The molecule has 0 amide bonds. The SMILES string of the molecule is c1ccc2cc3c4c(ccc3cc2c1)Cc1cc2c(ccc3ccccc32)cc1-4. The topological polar surface area (TPSA) is 0 Å². The van der Waals surface area contributed by atoms with Gasteiger partial charge < -0.3 is 0 Å². The zero-order chi connectivity index (χ0) is 18.9. The van der Waals surface area contributed by atoms with Crippen molar-refractivity contribution in [2.45, 2.75) is 6.42 Å². The summed E-state index contributed by atoms with van der Waals surface area (Å²) in [5.74, 6) is 0. The van der Waals surface area contributed by atoms with Gasteiger partial charge in [0.1, 0.15) is 0 Å². The molecule has 0 heteroatoms. The predicted molar refractivity (Wildman–Crippen MR) is 125 cm³/mol. The molecule has 0 fully saturated rings. The van der Waals surface area contributed by atoms with Gasteiger partial charge in [-0.1, -0.05) is 72.8 Å². The Labute approximate surface area is 169 Å². The van der Waals surface area contributed by atoms with E-state index in [1.165, 1.54) is 65.3 Å². The molecule has 6 aromatic rings. The van der Waals surface area contributed by atoms with Crippen molar-refractivity contribution in [2.24, 2.45) is 0 Å². The fourth-order valence-electron chi connectivity index (χ4n) is 5.21. The fourth-order valence-corrected chi connectivity index (χ4v) is 5.21. The summed E-state index contributed by atoms with van der Waals surface area (Å²) in [4.78, 5) is 0. The second-order valence-electron chi connectivity index (χ2n) is 8.21. The number of hydrogen-bond donors (Lipinski definition) is 0. The zero-order valence-electron chi connectivity index (χ0n) is 15.9. The maximum Gasteiger partial charge on any atom is -0.00130 e. The van der Waals surface area contributed by atoms with E-state index < -0.39 is 0 Å². The van der Waals surface area contributed by atoms with Gasteiger partial charge in [-0.15, -0.1) is 0 Å². The standard InChI is InChI=1S/C29H18/c1-2-7-20-15-27-21(13-19(20)6-1)11-12-23-14-24-17-26-22(16-28(24)29(23)27)10-9-18-5-3-4-8-25(18)26/h1-13,15-17H,14H2. The number of rotatable bonds is 0. The Morgan fingerprint density at radius 2 is 1.10 bits per heavy atom. The first-order valence-electron chi connectivity index (χ1n) is 10.2. The van der Waals surface area contributed by atoms with Crippen molar-refractivity contribution in [1.29, 1.82) is 0 Å². The van der Waals surface area contributed by atoms with Gasteiger partial charge in [-0.2, -0.15) is 0 Å². The minimum atomic E-state index is 1.02. The molecule has 0 aromatic heterocycles. The maximum absolute atomic E-state index is 2.43. The summed E-state index contributed by atoms with van der Waals surface area (Å²) in [5, 5.41) is 10.7. The maximum atomic E-state index is 2.43. The van der Waals surface area contributed by atoms with E-state index in [1.807, 2.05) is 0 Å². The van der Waals surface area contributed by atoms with Gasteiger partial charge >= 0.3 is 0 Å². The summed E-state index contributed by atoms with van der Waals surface area (Å²) in [7, 11) is 0. The molecule has 6 aromatic carbocycles. The van der Waals surface area contributed by atoms with Gasteiger partial charge in [0, 0.05) is 0 Å². The van der Waals surface area contributed by atoms with Gasteiger partial charge in [0.25, 0.3) is 0 Å². The lowest BCUT2D eigenvalue weighted by atomic mass is 9.93. The molecule has 29 heavy (non-hydrogen) atoms. The monoisotopic (exact) mass is 366 g/mol. The molecular weight excluding hydrogens is 348 g/mol. The lowest BCUT2D eigenvalue weighted by molar-refractivity contribution is 1.27. The zero-order valence-corrected chi connectivity index (χ0v) is 15.9. The van der Waals surface area contributed by atoms with Gasteiger partial charge in [-0.05, 0) is 96.0 Å². The Kier molecular flexibility index (Phi) is 2.88. The number of hydrogen-bond acceptors (Lipinski definition) is 0. The molecule has 0 unspecified atom stereocenters. The smallest absolute Gasteiger partial charge is 0.00130 e. The largest absolute Gasteiger partial charge is 0.0616 e. The van der Waals surface area contributed by atoms with Crippen LogP contribution in [-0.2, 0) is 6.42 Å². The molecular formula is C29H18. The second-order valence-corrected chi connectivity index (χ2v) is 8.21. The van der Waals surface area contributed by atoms with E-state index in [4.69, 9.17) is 0 Å². The minimum absolute atomic E-state index is 1.02. The first-order valence-corrected chi connectivity index (χ1v) is 10.2. The molecule has 0 aliphatic heterocycles. The third kappa shape index (κ3) is 2.09. The highest BCUT2D eigenvalue weighted by molar-refractivity contribution is 6.12. The molecule has 0 N–H and O–H groups in total. The van der Waals surface area contributed by atoms with Crippen molar-refractivity contribution in [2.75, 3.05) is 0 Å². The molecule has 0 radical (unpaired) electrons. The van der Waals surface area contributed by atoms with E-state index in [1.54, 1.807) is 0 Å². The summed E-state index contributed by atoms with van der Waals surface area (Å²) in [6.45, 7) is 0. The van der Waals surface area contributed by atoms with E-state index in [2.05, 4.69) is 97.1 Å². The van der Waals surface area contributed by atoms with Crippen LogP contribution in [0.2, 0.25) is 0 Å². The first kappa shape index (κ1) is 15.3. The highest BCUT2D eigenvalue weighted by atomic mass is 14.3. The van der Waals surface area contributed by atoms with Crippen LogP contribution >= 0.6 is 0 Å². The number of benzene rings is 6. The third-order valence-electron chi connectivity index (χ3n) is 6.59. The molecule has 134 valence electrons. The predicted octanol–water partition coefficient (Wildman–Crippen LogP) is 7.87. The first-order chi connectivity index (χ1) is 14.3. The van der Waals surface area contributed by atoms with Crippen molar-refractivity contribution >= 4 is 43.1 Å². The van der Waals surface area contributed by atoms with Crippen LogP contribution in [0.4, 0.5) is 0 Å². The van der Waals surface area contributed by atoms with Crippen LogP contribution in [0.1, 0.15) is 11.1 Å². The Bertz CT molecular complexity index is 1620. The van der Waals surface area contributed by atoms with Crippen LogP contribution in [0.15, 0.2) is 97.1 Å². The average molecular weight is 366 g/mol. The molecule has 1 aliphatic rings. The van der Waals surface area contributed by atoms with E-state index in [0.29, 0.717) is 0 Å². The molecule has 0 atom stereocenters. The minimum Gasteiger partial charge on any atom is -0.0616 e. The summed E-state index contributed by atoms with van der Waals surface area (Å²) in [6, 6.07) is 36.1. The van der Waals surface area contributed by atoms with Crippen molar-refractivity contribution in [1.82, 2.24) is 0 Å². The summed E-state index contributed by atoms with van der Waals surface area (Å²) < 4.78 is 0. The van der Waals surface area contributed by atoms with Crippen LogP contribution in [0, 0.1) is 0 Å². The van der Waals surface area contributed by atoms with Crippen molar-refractivity contribution in [3.63, 3.8) is 0 Å². The van der Waals surface area contributed by atoms with Crippen LogP contribution in [0.3, 0.4) is 0 Å². The average Bonchev–Trinajstić information content (AvgIpc) is 3.14. The number of fused-ring (bicyclic) bond motifs is 9. The summed E-state index contributed by atoms with van der Waals surface area (Å²) >= 11 is 0. The fraction of sp³-hybridized carbons (Fsp3) is 0.0345. The quantitative estimate of drug-likeness (QED) is 0.189. The van der Waals surface area contributed by atoms with E-state index in [0.717, 1.165) is 6.42 Å². The normalized spacial score (nSPS) is 12.7. The Morgan fingerprint density at radius 1 is 0.414 bits per heavy atom. The Hall–Kier alpha value is -3.64. The Balaban J connectivity index is 1.57. The lowest BCUT2D eigenvalue weighted by Crippen LogP contribution is -1.84. The molecule has 0 nitrogen and oxygen atoms in total. The molecule has 0 saturated heterocycles.